The Hall–Kier alpha value is -2.23. The monoisotopic (exact) mass is 283 g/mol. The molecule has 0 spiro atoms. The van der Waals surface area contributed by atoms with E-state index in [0.29, 0.717) is 11.5 Å². The Kier molecular flexibility index (Phi) is 3.69. The van der Waals surface area contributed by atoms with Crippen LogP contribution in [-0.4, -0.2) is 28.9 Å². The van der Waals surface area contributed by atoms with Crippen LogP contribution in [0.25, 0.3) is 10.9 Å². The first kappa shape index (κ1) is 13.7. The predicted octanol–water partition coefficient (Wildman–Crippen LogP) is 2.98. The standard InChI is InChI=1S/C17H21N3O/c1-2-9-20-10-3-4-12(11-20)13-5-6-15(17(18)21)16-14(13)7-8-19-16/h2,5-9,12,19H,3-4,10-11H2,1H3,(H2,18,21). The predicted molar refractivity (Wildman–Crippen MR) is 85.2 cm³/mol. The quantitative estimate of drug-likeness (QED) is 0.909. The Morgan fingerprint density at radius 1 is 1.43 bits per heavy atom. The lowest BCUT2D eigenvalue weighted by atomic mass is 9.88. The highest BCUT2D eigenvalue weighted by molar-refractivity contribution is 6.05. The zero-order chi connectivity index (χ0) is 14.8. The van der Waals surface area contributed by atoms with E-state index >= 15 is 0 Å². The average Bonchev–Trinajstić information content (AvgIpc) is 2.96. The minimum atomic E-state index is -0.381. The summed E-state index contributed by atoms with van der Waals surface area (Å²) in [7, 11) is 0. The largest absolute Gasteiger partial charge is 0.377 e. The van der Waals surface area contributed by atoms with Gasteiger partial charge in [0.05, 0.1) is 11.1 Å². The van der Waals surface area contributed by atoms with E-state index in [1.807, 2.05) is 18.3 Å². The van der Waals surface area contributed by atoms with Gasteiger partial charge in [-0.25, -0.2) is 0 Å². The summed E-state index contributed by atoms with van der Waals surface area (Å²) in [6, 6.07) is 5.97. The van der Waals surface area contributed by atoms with Crippen LogP contribution in [0.4, 0.5) is 0 Å². The number of nitrogens with zero attached hydrogens (tertiary/aromatic N) is 1. The number of carbonyl (C=O) groups excluding carboxylic acids is 1. The zero-order valence-corrected chi connectivity index (χ0v) is 12.3. The van der Waals surface area contributed by atoms with Crippen molar-refractivity contribution >= 4 is 16.8 Å². The number of amides is 1. The highest BCUT2D eigenvalue weighted by atomic mass is 16.1. The molecule has 0 radical (unpaired) electrons. The molecule has 4 heteroatoms. The second kappa shape index (κ2) is 5.64. The van der Waals surface area contributed by atoms with Crippen LogP contribution in [0.2, 0.25) is 0 Å². The van der Waals surface area contributed by atoms with Gasteiger partial charge in [-0.1, -0.05) is 12.1 Å². The molecule has 3 rings (SSSR count). The van der Waals surface area contributed by atoms with Gasteiger partial charge in [0.2, 0.25) is 0 Å². The number of likely N-dealkylation sites (tertiary alicyclic amines) is 1. The van der Waals surface area contributed by atoms with Crippen molar-refractivity contribution in [3.8, 4) is 0 Å². The molecular weight excluding hydrogens is 262 g/mol. The van der Waals surface area contributed by atoms with E-state index in [2.05, 4.69) is 35.1 Å². The van der Waals surface area contributed by atoms with Crippen LogP contribution in [0.5, 0.6) is 0 Å². The van der Waals surface area contributed by atoms with E-state index in [0.717, 1.165) is 24.0 Å². The van der Waals surface area contributed by atoms with Crippen molar-refractivity contribution in [2.24, 2.45) is 5.73 Å². The Morgan fingerprint density at radius 3 is 3.05 bits per heavy atom. The topological polar surface area (TPSA) is 62.1 Å². The summed E-state index contributed by atoms with van der Waals surface area (Å²) in [5.74, 6) is 0.114. The fraction of sp³-hybridized carbons (Fsp3) is 0.353. The minimum Gasteiger partial charge on any atom is -0.377 e. The number of fused-ring (bicyclic) bond motifs is 1. The third kappa shape index (κ3) is 2.53. The van der Waals surface area contributed by atoms with Crippen molar-refractivity contribution < 1.29 is 4.79 Å². The summed E-state index contributed by atoms with van der Waals surface area (Å²) in [5, 5.41) is 1.12. The maximum absolute atomic E-state index is 11.5. The molecule has 1 atom stereocenters. The van der Waals surface area contributed by atoms with E-state index in [1.165, 1.54) is 18.4 Å². The Labute approximate surface area is 124 Å². The van der Waals surface area contributed by atoms with Gasteiger partial charge in [0.1, 0.15) is 0 Å². The summed E-state index contributed by atoms with van der Waals surface area (Å²) < 4.78 is 0. The van der Waals surface area contributed by atoms with Crippen LogP contribution in [0, 0.1) is 0 Å². The third-order valence-electron chi connectivity index (χ3n) is 4.27. The maximum Gasteiger partial charge on any atom is 0.250 e. The molecule has 2 heterocycles. The number of hydrogen-bond donors (Lipinski definition) is 2. The fourth-order valence-electron chi connectivity index (χ4n) is 3.35. The molecule has 3 N–H and O–H groups in total. The number of primary amides is 1. The number of hydrogen-bond acceptors (Lipinski definition) is 2. The molecule has 1 aliphatic rings. The Bertz CT molecular complexity index is 686. The first-order chi connectivity index (χ1) is 10.2. The summed E-state index contributed by atoms with van der Waals surface area (Å²) in [6.45, 7) is 4.20. The smallest absolute Gasteiger partial charge is 0.250 e. The van der Waals surface area contributed by atoms with Crippen molar-refractivity contribution in [1.29, 1.82) is 0 Å². The molecular formula is C17H21N3O. The maximum atomic E-state index is 11.5. The number of benzene rings is 1. The number of piperidine rings is 1. The van der Waals surface area contributed by atoms with Gasteiger partial charge in [0.15, 0.2) is 0 Å². The lowest BCUT2D eigenvalue weighted by Crippen LogP contribution is -2.30. The van der Waals surface area contributed by atoms with Gasteiger partial charge in [-0.3, -0.25) is 4.79 Å². The Morgan fingerprint density at radius 2 is 2.29 bits per heavy atom. The van der Waals surface area contributed by atoms with Crippen molar-refractivity contribution in [1.82, 2.24) is 9.88 Å². The SMILES string of the molecule is CC=CN1CCCC(c2ccc(C(N)=O)c3[nH]ccc23)C1. The Balaban J connectivity index is 1.99. The van der Waals surface area contributed by atoms with Gasteiger partial charge in [0.25, 0.3) is 5.91 Å². The highest BCUT2D eigenvalue weighted by Crippen LogP contribution is 2.33. The molecule has 1 amide bonds. The van der Waals surface area contributed by atoms with Crippen LogP contribution in [0.3, 0.4) is 0 Å². The van der Waals surface area contributed by atoms with Gasteiger partial charge in [-0.15, -0.1) is 0 Å². The van der Waals surface area contributed by atoms with Gasteiger partial charge in [0, 0.05) is 30.6 Å². The van der Waals surface area contributed by atoms with E-state index in [4.69, 9.17) is 5.73 Å². The molecule has 1 aliphatic heterocycles. The number of carbonyl (C=O) groups is 1. The lowest BCUT2D eigenvalue weighted by Gasteiger charge is -2.32. The van der Waals surface area contributed by atoms with Crippen LogP contribution < -0.4 is 5.73 Å². The molecule has 110 valence electrons. The molecule has 1 aromatic heterocycles. The van der Waals surface area contributed by atoms with Crippen molar-refractivity contribution in [2.45, 2.75) is 25.7 Å². The van der Waals surface area contributed by atoms with Gasteiger partial charge in [-0.2, -0.15) is 0 Å². The molecule has 1 aromatic carbocycles. The second-order valence-electron chi connectivity index (χ2n) is 5.65. The molecule has 1 unspecified atom stereocenters. The number of nitrogens with two attached hydrogens (primary N) is 1. The van der Waals surface area contributed by atoms with E-state index in [9.17, 15) is 4.79 Å². The van der Waals surface area contributed by atoms with Crippen molar-refractivity contribution in [3.63, 3.8) is 0 Å². The number of rotatable bonds is 3. The van der Waals surface area contributed by atoms with Crippen LogP contribution in [0.1, 0.15) is 41.6 Å². The first-order valence-corrected chi connectivity index (χ1v) is 7.47. The molecule has 0 saturated carbocycles. The molecule has 0 bridgehead atoms. The zero-order valence-electron chi connectivity index (χ0n) is 12.3. The third-order valence-corrected chi connectivity index (χ3v) is 4.27. The van der Waals surface area contributed by atoms with Crippen LogP contribution in [0.15, 0.2) is 36.7 Å². The van der Waals surface area contributed by atoms with Crippen LogP contribution >= 0.6 is 0 Å². The lowest BCUT2D eigenvalue weighted by molar-refractivity contribution is 0.100. The van der Waals surface area contributed by atoms with Crippen LogP contribution in [-0.2, 0) is 0 Å². The number of aromatic nitrogens is 1. The summed E-state index contributed by atoms with van der Waals surface area (Å²) in [5.41, 5.74) is 8.20. The van der Waals surface area contributed by atoms with Crippen molar-refractivity contribution in [3.05, 3.63) is 47.8 Å². The normalized spacial score (nSPS) is 19.5. The number of allylic oxidation sites excluding steroid dienone is 1. The second-order valence-corrected chi connectivity index (χ2v) is 5.65. The van der Waals surface area contributed by atoms with Gasteiger partial charge >= 0.3 is 0 Å². The van der Waals surface area contributed by atoms with Crippen molar-refractivity contribution in [2.75, 3.05) is 13.1 Å². The fourth-order valence-corrected chi connectivity index (χ4v) is 3.35. The van der Waals surface area contributed by atoms with E-state index < -0.39 is 0 Å². The molecule has 2 aromatic rings. The summed E-state index contributed by atoms with van der Waals surface area (Å²) >= 11 is 0. The molecule has 0 aliphatic carbocycles. The number of aromatic amines is 1. The summed E-state index contributed by atoms with van der Waals surface area (Å²) in [4.78, 5) is 17.0. The average molecular weight is 283 g/mol. The van der Waals surface area contributed by atoms with E-state index in [1.54, 1.807) is 0 Å². The molecule has 4 nitrogen and oxygen atoms in total. The van der Waals surface area contributed by atoms with Gasteiger partial charge in [-0.05, 0) is 43.7 Å². The number of H-pyrrole nitrogens is 1. The summed E-state index contributed by atoms with van der Waals surface area (Å²) in [6.07, 6.45) is 8.51. The van der Waals surface area contributed by atoms with Gasteiger partial charge < -0.3 is 15.6 Å². The first-order valence-electron chi connectivity index (χ1n) is 7.47. The molecule has 1 fully saturated rings. The molecule has 1 saturated heterocycles. The number of nitrogens with one attached hydrogen (secondary N) is 1. The minimum absolute atomic E-state index is 0.381. The van der Waals surface area contributed by atoms with E-state index in [-0.39, 0.29) is 5.91 Å². The highest BCUT2D eigenvalue weighted by Gasteiger charge is 2.22. The molecule has 21 heavy (non-hydrogen) atoms.